The third-order valence-corrected chi connectivity index (χ3v) is 1.45. The third-order valence-electron chi connectivity index (χ3n) is 1.45. The van der Waals surface area contributed by atoms with Crippen molar-refractivity contribution in [3.8, 4) is 0 Å². The summed E-state index contributed by atoms with van der Waals surface area (Å²) < 4.78 is 0. The van der Waals surface area contributed by atoms with E-state index in [4.69, 9.17) is 5.73 Å². The van der Waals surface area contributed by atoms with Gasteiger partial charge in [0.15, 0.2) is 0 Å². The molecule has 0 aliphatic heterocycles. The summed E-state index contributed by atoms with van der Waals surface area (Å²) in [7, 11) is 0. The molecule has 0 bridgehead atoms. The van der Waals surface area contributed by atoms with Crippen molar-refractivity contribution in [1.82, 2.24) is 0 Å². The molecule has 0 aliphatic rings. The Morgan fingerprint density at radius 1 is 1.33 bits per heavy atom. The van der Waals surface area contributed by atoms with Gasteiger partial charge in [-0.25, -0.2) is 0 Å². The molecule has 2 heteroatoms. The van der Waals surface area contributed by atoms with Crippen LogP contribution in [0.2, 0.25) is 0 Å². The fourth-order valence-electron chi connectivity index (χ4n) is 0.834. The summed E-state index contributed by atoms with van der Waals surface area (Å²) >= 11 is 0. The Morgan fingerprint density at radius 3 is 2.58 bits per heavy atom. The Bertz CT molecular complexity index is 277. The minimum absolute atomic E-state index is 0.463. The van der Waals surface area contributed by atoms with Crippen LogP contribution in [-0.2, 0) is 0 Å². The SMILES string of the molecule is CC(C)/C=N\c1ccccc1N. The van der Waals surface area contributed by atoms with Crippen LogP contribution in [0, 0.1) is 5.92 Å². The van der Waals surface area contributed by atoms with Crippen LogP contribution in [0.15, 0.2) is 29.3 Å². The lowest BCUT2D eigenvalue weighted by Gasteiger charge is -1.98. The molecular weight excluding hydrogens is 148 g/mol. The first-order valence-electron chi connectivity index (χ1n) is 4.09. The van der Waals surface area contributed by atoms with Gasteiger partial charge < -0.3 is 5.73 Å². The van der Waals surface area contributed by atoms with Crippen LogP contribution in [0.4, 0.5) is 11.4 Å². The molecule has 64 valence electrons. The molecule has 0 spiro atoms. The van der Waals surface area contributed by atoms with Crippen LogP contribution in [0.25, 0.3) is 0 Å². The van der Waals surface area contributed by atoms with Crippen LogP contribution in [0.1, 0.15) is 13.8 Å². The number of benzene rings is 1. The lowest BCUT2D eigenvalue weighted by Crippen LogP contribution is -1.88. The fourth-order valence-corrected chi connectivity index (χ4v) is 0.834. The van der Waals surface area contributed by atoms with Crippen molar-refractivity contribution < 1.29 is 0 Å². The summed E-state index contributed by atoms with van der Waals surface area (Å²) in [6.45, 7) is 4.17. The number of nitrogen functional groups attached to an aromatic ring is 1. The molecular formula is C10H14N2. The second-order valence-corrected chi connectivity index (χ2v) is 3.08. The van der Waals surface area contributed by atoms with Gasteiger partial charge in [0.05, 0.1) is 11.4 Å². The van der Waals surface area contributed by atoms with Crippen molar-refractivity contribution in [2.24, 2.45) is 10.9 Å². The van der Waals surface area contributed by atoms with E-state index in [-0.39, 0.29) is 0 Å². The van der Waals surface area contributed by atoms with Gasteiger partial charge in [0, 0.05) is 6.21 Å². The zero-order valence-electron chi connectivity index (χ0n) is 7.49. The molecule has 1 aromatic carbocycles. The molecule has 0 saturated carbocycles. The van der Waals surface area contributed by atoms with E-state index in [0.29, 0.717) is 5.92 Å². The number of anilines is 1. The van der Waals surface area contributed by atoms with Crippen LogP contribution >= 0.6 is 0 Å². The van der Waals surface area contributed by atoms with E-state index in [9.17, 15) is 0 Å². The number of hydrogen-bond acceptors (Lipinski definition) is 2. The normalized spacial score (nSPS) is 11.2. The minimum Gasteiger partial charge on any atom is -0.397 e. The zero-order chi connectivity index (χ0) is 8.97. The Balaban J connectivity index is 2.82. The molecule has 0 heterocycles. The molecule has 0 aliphatic carbocycles. The Kier molecular flexibility index (Phi) is 2.86. The van der Waals surface area contributed by atoms with Gasteiger partial charge in [-0.2, -0.15) is 0 Å². The van der Waals surface area contributed by atoms with Crippen LogP contribution in [0.5, 0.6) is 0 Å². The fraction of sp³-hybridized carbons (Fsp3) is 0.300. The van der Waals surface area contributed by atoms with Crippen LogP contribution in [0.3, 0.4) is 0 Å². The number of nitrogens with zero attached hydrogens (tertiary/aromatic N) is 1. The second kappa shape index (κ2) is 3.90. The molecule has 0 atom stereocenters. The van der Waals surface area contributed by atoms with Crippen molar-refractivity contribution in [3.05, 3.63) is 24.3 Å². The summed E-state index contributed by atoms with van der Waals surface area (Å²) in [4.78, 5) is 4.26. The quantitative estimate of drug-likeness (QED) is 0.527. The summed E-state index contributed by atoms with van der Waals surface area (Å²) in [5.74, 6) is 0.463. The highest BCUT2D eigenvalue weighted by Gasteiger charge is 1.92. The van der Waals surface area contributed by atoms with E-state index in [0.717, 1.165) is 11.4 Å². The molecule has 0 aromatic heterocycles. The molecule has 0 radical (unpaired) electrons. The monoisotopic (exact) mass is 162 g/mol. The molecule has 0 amide bonds. The van der Waals surface area contributed by atoms with Gasteiger partial charge >= 0.3 is 0 Å². The van der Waals surface area contributed by atoms with E-state index >= 15 is 0 Å². The molecule has 0 saturated heterocycles. The first-order valence-corrected chi connectivity index (χ1v) is 4.09. The molecule has 0 fully saturated rings. The first kappa shape index (κ1) is 8.78. The van der Waals surface area contributed by atoms with Gasteiger partial charge in [-0.05, 0) is 18.1 Å². The van der Waals surface area contributed by atoms with Crippen LogP contribution in [-0.4, -0.2) is 6.21 Å². The van der Waals surface area contributed by atoms with Gasteiger partial charge in [-0.3, -0.25) is 4.99 Å². The van der Waals surface area contributed by atoms with Crippen molar-refractivity contribution in [1.29, 1.82) is 0 Å². The number of rotatable bonds is 2. The van der Waals surface area contributed by atoms with Gasteiger partial charge in [-0.15, -0.1) is 0 Å². The number of nitrogens with two attached hydrogens (primary N) is 1. The highest BCUT2D eigenvalue weighted by Crippen LogP contribution is 2.19. The summed E-state index contributed by atoms with van der Waals surface area (Å²) in [5.41, 5.74) is 7.28. The van der Waals surface area contributed by atoms with E-state index in [1.165, 1.54) is 0 Å². The molecule has 1 rings (SSSR count). The maximum Gasteiger partial charge on any atom is 0.0855 e. The maximum atomic E-state index is 5.69. The number of hydrogen-bond donors (Lipinski definition) is 1. The van der Waals surface area contributed by atoms with Crippen molar-refractivity contribution in [3.63, 3.8) is 0 Å². The second-order valence-electron chi connectivity index (χ2n) is 3.08. The van der Waals surface area contributed by atoms with E-state index in [2.05, 4.69) is 18.8 Å². The molecule has 2 nitrogen and oxygen atoms in total. The highest BCUT2D eigenvalue weighted by atomic mass is 14.8. The Morgan fingerprint density at radius 2 is 2.00 bits per heavy atom. The first-order chi connectivity index (χ1) is 5.70. The molecule has 1 aromatic rings. The van der Waals surface area contributed by atoms with E-state index in [1.54, 1.807) is 0 Å². The summed E-state index contributed by atoms with van der Waals surface area (Å²) in [6.07, 6.45) is 1.89. The van der Waals surface area contributed by atoms with Crippen LogP contribution < -0.4 is 5.73 Å². The average molecular weight is 162 g/mol. The van der Waals surface area contributed by atoms with Crippen molar-refractivity contribution in [2.45, 2.75) is 13.8 Å². The van der Waals surface area contributed by atoms with Gasteiger partial charge in [0.1, 0.15) is 0 Å². The van der Waals surface area contributed by atoms with E-state index < -0.39 is 0 Å². The standard InChI is InChI=1S/C10H14N2/c1-8(2)7-12-10-6-4-3-5-9(10)11/h3-8H,11H2,1-2H3/b12-7-. The average Bonchev–Trinajstić information content (AvgIpc) is 2.03. The topological polar surface area (TPSA) is 38.4 Å². The smallest absolute Gasteiger partial charge is 0.0855 e. The predicted molar refractivity (Wildman–Crippen MR) is 53.8 cm³/mol. The number of aliphatic imine (C=N–C) groups is 1. The lowest BCUT2D eigenvalue weighted by molar-refractivity contribution is 0.907. The largest absolute Gasteiger partial charge is 0.397 e. The Hall–Kier alpha value is -1.31. The Labute approximate surface area is 73.1 Å². The summed E-state index contributed by atoms with van der Waals surface area (Å²) in [6, 6.07) is 7.61. The molecule has 2 N–H and O–H groups in total. The minimum atomic E-state index is 0.463. The van der Waals surface area contributed by atoms with E-state index in [1.807, 2.05) is 30.5 Å². The highest BCUT2D eigenvalue weighted by molar-refractivity contribution is 5.71. The molecule has 12 heavy (non-hydrogen) atoms. The van der Waals surface area contributed by atoms with Gasteiger partial charge in [-0.1, -0.05) is 26.0 Å². The van der Waals surface area contributed by atoms with Crippen molar-refractivity contribution in [2.75, 3.05) is 5.73 Å². The predicted octanol–water partition coefficient (Wildman–Crippen LogP) is 2.63. The van der Waals surface area contributed by atoms with Gasteiger partial charge in [0.2, 0.25) is 0 Å². The summed E-state index contributed by atoms with van der Waals surface area (Å²) in [5, 5.41) is 0. The molecule has 0 unspecified atom stereocenters. The lowest BCUT2D eigenvalue weighted by atomic mass is 10.2. The maximum absolute atomic E-state index is 5.69. The third kappa shape index (κ3) is 2.38. The number of para-hydroxylation sites is 2. The van der Waals surface area contributed by atoms with Crippen molar-refractivity contribution >= 4 is 17.6 Å². The van der Waals surface area contributed by atoms with Gasteiger partial charge in [0.25, 0.3) is 0 Å². The zero-order valence-corrected chi connectivity index (χ0v) is 7.49.